The topological polar surface area (TPSA) is 54.0 Å². The van der Waals surface area contributed by atoms with E-state index in [0.717, 1.165) is 51.3 Å². The molecule has 0 bridgehead atoms. The van der Waals surface area contributed by atoms with Crippen LogP contribution in [0.4, 0.5) is 4.79 Å². The van der Waals surface area contributed by atoms with E-state index in [9.17, 15) is 4.79 Å². The lowest BCUT2D eigenvalue weighted by Gasteiger charge is -2.34. The van der Waals surface area contributed by atoms with Crippen molar-refractivity contribution in [1.82, 2.24) is 15.1 Å². The first-order valence-corrected chi connectivity index (χ1v) is 8.60. The van der Waals surface area contributed by atoms with Crippen LogP contribution < -0.4 is 10.1 Å². The van der Waals surface area contributed by atoms with Crippen molar-refractivity contribution in [2.75, 3.05) is 60.1 Å². The molecule has 1 heterocycles. The average molecular weight is 335 g/mol. The van der Waals surface area contributed by atoms with Crippen molar-refractivity contribution in [3.63, 3.8) is 0 Å². The quantitative estimate of drug-likeness (QED) is 0.733. The molecule has 0 aliphatic carbocycles. The lowest BCUT2D eigenvalue weighted by Crippen LogP contribution is -2.52. The second-order valence-electron chi connectivity index (χ2n) is 6.01. The summed E-state index contributed by atoms with van der Waals surface area (Å²) >= 11 is 0. The molecule has 0 atom stereocenters. The van der Waals surface area contributed by atoms with Crippen molar-refractivity contribution in [1.29, 1.82) is 0 Å². The zero-order chi connectivity index (χ0) is 17.2. The molecule has 24 heavy (non-hydrogen) atoms. The molecule has 0 radical (unpaired) electrons. The summed E-state index contributed by atoms with van der Waals surface area (Å²) in [5.74, 6) is 0.902. The fourth-order valence-corrected chi connectivity index (χ4v) is 2.85. The van der Waals surface area contributed by atoms with Gasteiger partial charge in [0.1, 0.15) is 5.75 Å². The molecule has 1 aromatic rings. The second kappa shape index (κ2) is 10.2. The standard InChI is InChI=1S/C18H29N3O3/c1-23-15-9-19-18(22)21-13-11-20(12-14-21)10-3-4-16-5-7-17(24-2)8-6-16/h5-8H,3-4,9-15H2,1-2H3,(H,19,22). The lowest BCUT2D eigenvalue weighted by molar-refractivity contribution is 0.135. The van der Waals surface area contributed by atoms with Gasteiger partial charge in [-0.05, 0) is 37.1 Å². The minimum atomic E-state index is 0.0185. The third-order valence-electron chi connectivity index (χ3n) is 4.34. The summed E-state index contributed by atoms with van der Waals surface area (Å²) in [6, 6.07) is 8.29. The number of hydrogen-bond donors (Lipinski definition) is 1. The van der Waals surface area contributed by atoms with E-state index in [2.05, 4.69) is 22.3 Å². The molecule has 0 unspecified atom stereocenters. The molecule has 134 valence electrons. The van der Waals surface area contributed by atoms with Crippen LogP contribution in [0.2, 0.25) is 0 Å². The number of hydrogen-bond acceptors (Lipinski definition) is 4. The third kappa shape index (κ3) is 6.02. The van der Waals surface area contributed by atoms with E-state index in [1.807, 2.05) is 17.0 Å². The van der Waals surface area contributed by atoms with E-state index in [1.54, 1.807) is 14.2 Å². The van der Waals surface area contributed by atoms with Gasteiger partial charge in [-0.1, -0.05) is 12.1 Å². The van der Waals surface area contributed by atoms with Crippen LogP contribution in [0.5, 0.6) is 5.75 Å². The smallest absolute Gasteiger partial charge is 0.317 e. The van der Waals surface area contributed by atoms with Crippen molar-refractivity contribution in [3.05, 3.63) is 29.8 Å². The number of methoxy groups -OCH3 is 2. The van der Waals surface area contributed by atoms with Crippen molar-refractivity contribution >= 4 is 6.03 Å². The molecule has 1 saturated heterocycles. The first-order chi connectivity index (χ1) is 11.7. The van der Waals surface area contributed by atoms with E-state index in [1.165, 1.54) is 5.56 Å². The summed E-state index contributed by atoms with van der Waals surface area (Å²) in [5, 5.41) is 2.88. The molecule has 2 amide bonds. The fourth-order valence-electron chi connectivity index (χ4n) is 2.85. The number of nitrogens with zero attached hydrogens (tertiary/aromatic N) is 2. The van der Waals surface area contributed by atoms with E-state index in [0.29, 0.717) is 13.2 Å². The van der Waals surface area contributed by atoms with E-state index in [-0.39, 0.29) is 6.03 Å². The lowest BCUT2D eigenvalue weighted by atomic mass is 10.1. The van der Waals surface area contributed by atoms with Crippen LogP contribution in [0, 0.1) is 0 Å². The van der Waals surface area contributed by atoms with E-state index < -0.39 is 0 Å². The Labute approximate surface area is 144 Å². The number of carbonyl (C=O) groups excluding carboxylic acids is 1. The highest BCUT2D eigenvalue weighted by Crippen LogP contribution is 2.13. The van der Waals surface area contributed by atoms with Gasteiger partial charge in [0.05, 0.1) is 13.7 Å². The van der Waals surface area contributed by atoms with E-state index in [4.69, 9.17) is 9.47 Å². The predicted molar refractivity (Wildman–Crippen MR) is 94.6 cm³/mol. The predicted octanol–water partition coefficient (Wildman–Crippen LogP) is 1.60. The molecule has 6 heteroatoms. The second-order valence-corrected chi connectivity index (χ2v) is 6.01. The Morgan fingerprint density at radius 3 is 2.46 bits per heavy atom. The van der Waals surface area contributed by atoms with Crippen molar-refractivity contribution < 1.29 is 14.3 Å². The zero-order valence-corrected chi connectivity index (χ0v) is 14.8. The normalized spacial score (nSPS) is 15.3. The van der Waals surface area contributed by atoms with Crippen LogP contribution in [0.3, 0.4) is 0 Å². The van der Waals surface area contributed by atoms with E-state index >= 15 is 0 Å². The minimum Gasteiger partial charge on any atom is -0.497 e. The van der Waals surface area contributed by atoms with Gasteiger partial charge in [0, 0.05) is 39.8 Å². The molecular weight excluding hydrogens is 306 g/mol. The Morgan fingerprint density at radius 2 is 1.83 bits per heavy atom. The maximum Gasteiger partial charge on any atom is 0.317 e. The molecule has 6 nitrogen and oxygen atoms in total. The average Bonchev–Trinajstić information content (AvgIpc) is 2.63. The van der Waals surface area contributed by atoms with Gasteiger partial charge in [-0.25, -0.2) is 4.79 Å². The third-order valence-corrected chi connectivity index (χ3v) is 4.34. The molecule has 0 aromatic heterocycles. The van der Waals surface area contributed by atoms with Crippen LogP contribution in [0.25, 0.3) is 0 Å². The van der Waals surface area contributed by atoms with Gasteiger partial charge in [-0.3, -0.25) is 4.90 Å². The Balaban J connectivity index is 1.61. The fraction of sp³-hybridized carbons (Fsp3) is 0.611. The number of rotatable bonds is 8. The van der Waals surface area contributed by atoms with Crippen molar-refractivity contribution in [2.24, 2.45) is 0 Å². The largest absolute Gasteiger partial charge is 0.497 e. The number of nitrogens with one attached hydrogen (secondary N) is 1. The summed E-state index contributed by atoms with van der Waals surface area (Å²) in [7, 11) is 3.32. The van der Waals surface area contributed by atoms with Gasteiger partial charge in [0.2, 0.25) is 0 Å². The highest BCUT2D eigenvalue weighted by molar-refractivity contribution is 5.74. The van der Waals surface area contributed by atoms with Gasteiger partial charge >= 0.3 is 6.03 Å². The number of benzene rings is 1. The summed E-state index contributed by atoms with van der Waals surface area (Å²) < 4.78 is 10.1. The number of urea groups is 1. The molecule has 1 aliphatic heterocycles. The van der Waals surface area contributed by atoms with Gasteiger partial charge in [0.15, 0.2) is 0 Å². The maximum atomic E-state index is 12.0. The SMILES string of the molecule is COCCNC(=O)N1CCN(CCCc2ccc(OC)cc2)CC1. The van der Waals surface area contributed by atoms with Crippen molar-refractivity contribution in [2.45, 2.75) is 12.8 Å². The van der Waals surface area contributed by atoms with Gasteiger partial charge in [-0.2, -0.15) is 0 Å². The number of amides is 2. The number of aryl methyl sites for hydroxylation is 1. The monoisotopic (exact) mass is 335 g/mol. The van der Waals surface area contributed by atoms with Crippen molar-refractivity contribution in [3.8, 4) is 5.75 Å². The highest BCUT2D eigenvalue weighted by Gasteiger charge is 2.20. The Bertz CT molecular complexity index is 485. The molecule has 0 saturated carbocycles. The van der Waals surface area contributed by atoms with Gasteiger partial charge in [-0.15, -0.1) is 0 Å². The zero-order valence-electron chi connectivity index (χ0n) is 14.8. The molecule has 1 fully saturated rings. The molecule has 0 spiro atoms. The molecular formula is C18H29N3O3. The molecule has 1 aliphatic rings. The summed E-state index contributed by atoms with van der Waals surface area (Å²) in [4.78, 5) is 16.3. The Kier molecular flexibility index (Phi) is 7.85. The highest BCUT2D eigenvalue weighted by atomic mass is 16.5. The Morgan fingerprint density at radius 1 is 1.12 bits per heavy atom. The Hall–Kier alpha value is -1.79. The van der Waals surface area contributed by atoms with Gasteiger partial charge < -0.3 is 19.7 Å². The van der Waals surface area contributed by atoms with Gasteiger partial charge in [0.25, 0.3) is 0 Å². The van der Waals surface area contributed by atoms with Crippen LogP contribution in [-0.4, -0.2) is 75.9 Å². The van der Waals surface area contributed by atoms with Crippen LogP contribution in [0.1, 0.15) is 12.0 Å². The number of carbonyl (C=O) groups is 1. The molecule has 1 aromatic carbocycles. The molecule has 2 rings (SSSR count). The number of piperazine rings is 1. The summed E-state index contributed by atoms with van der Waals surface area (Å²) in [6.07, 6.45) is 2.20. The summed E-state index contributed by atoms with van der Waals surface area (Å²) in [6.45, 7) is 5.67. The minimum absolute atomic E-state index is 0.0185. The van der Waals surface area contributed by atoms with Crippen LogP contribution in [-0.2, 0) is 11.2 Å². The number of ether oxygens (including phenoxy) is 2. The van der Waals surface area contributed by atoms with Crippen LogP contribution in [0.15, 0.2) is 24.3 Å². The first-order valence-electron chi connectivity index (χ1n) is 8.60. The first kappa shape index (κ1) is 18.5. The van der Waals surface area contributed by atoms with Crippen LogP contribution >= 0.6 is 0 Å². The summed E-state index contributed by atoms with van der Waals surface area (Å²) in [5.41, 5.74) is 1.34. The molecule has 1 N–H and O–H groups in total. The maximum absolute atomic E-state index is 12.0.